The summed E-state index contributed by atoms with van der Waals surface area (Å²) < 4.78 is 33.9. The van der Waals surface area contributed by atoms with Crippen LogP contribution in [0.25, 0.3) is 0 Å². The zero-order valence-corrected chi connectivity index (χ0v) is 20.6. The molecule has 5 rings (SSSR count). The molecule has 0 saturated carbocycles. The molecule has 3 aliphatic heterocycles. The molecule has 1 unspecified atom stereocenters. The summed E-state index contributed by atoms with van der Waals surface area (Å²) in [4.78, 5) is 7.66. The van der Waals surface area contributed by atoms with Crippen molar-refractivity contribution >= 4 is 11.0 Å². The summed E-state index contributed by atoms with van der Waals surface area (Å²) in [6, 6.07) is 11.9. The zero-order valence-electron chi connectivity index (χ0n) is 19.8. The van der Waals surface area contributed by atoms with Crippen LogP contribution in [0.3, 0.4) is 0 Å². The predicted molar refractivity (Wildman–Crippen MR) is 130 cm³/mol. The van der Waals surface area contributed by atoms with E-state index in [1.165, 1.54) is 11.1 Å². The lowest BCUT2D eigenvalue weighted by atomic mass is 9.93. The summed E-state index contributed by atoms with van der Waals surface area (Å²) in [5, 5.41) is 3.36. The van der Waals surface area contributed by atoms with Crippen molar-refractivity contribution in [3.63, 3.8) is 0 Å². The number of nitrogens with zero attached hydrogens (tertiary/aromatic N) is 3. The molecular formula is C25H34N4O4S. The molecule has 184 valence electrons. The smallest absolute Gasteiger partial charge is 0.235 e. The third-order valence-electron chi connectivity index (χ3n) is 6.88. The van der Waals surface area contributed by atoms with Gasteiger partial charge in [0, 0.05) is 58.2 Å². The molecule has 2 aromatic rings. The highest BCUT2D eigenvalue weighted by atomic mass is 32.2. The van der Waals surface area contributed by atoms with Gasteiger partial charge >= 0.3 is 0 Å². The Kier molecular flexibility index (Phi) is 7.46. The summed E-state index contributed by atoms with van der Waals surface area (Å²) in [5.74, 6) is 0.938. The van der Waals surface area contributed by atoms with Crippen molar-refractivity contribution in [3.05, 3.63) is 47.5 Å². The number of hydrogen-bond acceptors (Lipinski definition) is 7. The standard InChI is InChI=1S/C25H34N4O4S/c1-20-4-2-3-5-21(20)18-29-19-25(8-15-31-16-9-25)33-24-22(34(29)30)6-7-23(27-24)32-17-14-28-12-10-26-11-13-28/h2-7,26H,8-19H2,1H3. The number of pyridine rings is 1. The molecule has 8 nitrogen and oxygen atoms in total. The minimum absolute atomic E-state index is 0.423. The Labute approximate surface area is 204 Å². The molecule has 0 radical (unpaired) electrons. The van der Waals surface area contributed by atoms with Gasteiger partial charge in [-0.25, -0.2) is 8.51 Å². The van der Waals surface area contributed by atoms with Gasteiger partial charge < -0.3 is 19.5 Å². The zero-order chi connectivity index (χ0) is 23.4. The van der Waals surface area contributed by atoms with Gasteiger partial charge in [0.25, 0.3) is 0 Å². The van der Waals surface area contributed by atoms with E-state index in [2.05, 4.69) is 34.3 Å². The third-order valence-corrected chi connectivity index (χ3v) is 8.29. The number of piperazine rings is 1. The Hall–Kier alpha value is -2.04. The third kappa shape index (κ3) is 5.44. The highest BCUT2D eigenvalue weighted by molar-refractivity contribution is 7.82. The van der Waals surface area contributed by atoms with Gasteiger partial charge in [-0.2, -0.15) is 4.98 Å². The van der Waals surface area contributed by atoms with Crippen LogP contribution in [-0.2, 0) is 22.3 Å². The number of rotatable bonds is 6. The maximum atomic E-state index is 13.7. The molecule has 0 bridgehead atoms. The van der Waals surface area contributed by atoms with E-state index in [9.17, 15) is 4.21 Å². The number of aromatic nitrogens is 1. The van der Waals surface area contributed by atoms with Gasteiger partial charge in [-0.1, -0.05) is 24.3 Å². The Morgan fingerprint density at radius 1 is 1.15 bits per heavy atom. The van der Waals surface area contributed by atoms with Crippen molar-refractivity contribution in [1.29, 1.82) is 0 Å². The Morgan fingerprint density at radius 2 is 1.94 bits per heavy atom. The van der Waals surface area contributed by atoms with E-state index < -0.39 is 16.6 Å². The van der Waals surface area contributed by atoms with E-state index in [0.29, 0.717) is 49.6 Å². The monoisotopic (exact) mass is 486 g/mol. The average molecular weight is 487 g/mol. The van der Waals surface area contributed by atoms with Gasteiger partial charge in [0.2, 0.25) is 11.8 Å². The molecule has 1 aromatic heterocycles. The first kappa shape index (κ1) is 23.7. The molecule has 2 saturated heterocycles. The molecule has 3 aliphatic rings. The maximum Gasteiger partial charge on any atom is 0.235 e. The van der Waals surface area contributed by atoms with Gasteiger partial charge in [-0.05, 0) is 24.1 Å². The summed E-state index contributed by atoms with van der Waals surface area (Å²) in [6.07, 6.45) is 1.48. The minimum atomic E-state index is -1.39. The SMILES string of the molecule is Cc1ccccc1CN1CC2(CCOCC2)Oc2nc(OCCN3CCNCC3)ccc2S1=O. The fraction of sp³-hybridized carbons (Fsp3) is 0.560. The lowest BCUT2D eigenvalue weighted by Crippen LogP contribution is -2.49. The quantitative estimate of drug-likeness (QED) is 0.671. The van der Waals surface area contributed by atoms with Crippen molar-refractivity contribution in [3.8, 4) is 11.8 Å². The fourth-order valence-electron chi connectivity index (χ4n) is 4.76. The highest BCUT2D eigenvalue weighted by Crippen LogP contribution is 2.37. The fourth-order valence-corrected chi connectivity index (χ4v) is 6.07. The Morgan fingerprint density at radius 3 is 2.74 bits per heavy atom. The summed E-state index contributed by atoms with van der Waals surface area (Å²) in [6.45, 7) is 10.0. The largest absolute Gasteiger partial charge is 0.476 e. The molecule has 9 heteroatoms. The van der Waals surface area contributed by atoms with Crippen molar-refractivity contribution in [1.82, 2.24) is 19.5 Å². The van der Waals surface area contributed by atoms with Crippen LogP contribution in [0.15, 0.2) is 41.3 Å². The first-order valence-electron chi connectivity index (χ1n) is 12.2. The first-order chi connectivity index (χ1) is 16.6. The van der Waals surface area contributed by atoms with Crippen molar-refractivity contribution in [2.75, 3.05) is 59.1 Å². The van der Waals surface area contributed by atoms with Gasteiger partial charge in [0.1, 0.15) is 28.1 Å². The summed E-state index contributed by atoms with van der Waals surface area (Å²) >= 11 is 0. The van der Waals surface area contributed by atoms with Crippen LogP contribution in [0.4, 0.5) is 0 Å². The van der Waals surface area contributed by atoms with Crippen molar-refractivity contribution < 1.29 is 18.4 Å². The van der Waals surface area contributed by atoms with Gasteiger partial charge in [0.05, 0.1) is 19.8 Å². The lowest BCUT2D eigenvalue weighted by Gasteiger charge is -2.38. The predicted octanol–water partition coefficient (Wildman–Crippen LogP) is 2.14. The maximum absolute atomic E-state index is 13.7. The molecule has 1 N–H and O–H groups in total. The van der Waals surface area contributed by atoms with E-state index >= 15 is 0 Å². The van der Waals surface area contributed by atoms with E-state index in [-0.39, 0.29) is 0 Å². The number of ether oxygens (including phenoxy) is 3. The molecule has 34 heavy (non-hydrogen) atoms. The summed E-state index contributed by atoms with van der Waals surface area (Å²) in [5.41, 5.74) is 1.88. The number of hydrogen-bond donors (Lipinski definition) is 1. The minimum Gasteiger partial charge on any atom is -0.476 e. The first-order valence-corrected chi connectivity index (χ1v) is 13.3. The van der Waals surface area contributed by atoms with Crippen LogP contribution in [-0.4, -0.2) is 83.1 Å². The van der Waals surface area contributed by atoms with Crippen molar-refractivity contribution in [2.45, 2.75) is 36.8 Å². The molecule has 0 amide bonds. The number of aryl methyl sites for hydroxylation is 1. The molecule has 0 aliphatic carbocycles. The van der Waals surface area contributed by atoms with E-state index in [4.69, 9.17) is 14.2 Å². The molecule has 1 atom stereocenters. The molecule has 1 spiro atoms. The molecular weight excluding hydrogens is 452 g/mol. The van der Waals surface area contributed by atoms with E-state index in [0.717, 1.165) is 45.6 Å². The van der Waals surface area contributed by atoms with Crippen molar-refractivity contribution in [2.24, 2.45) is 0 Å². The number of nitrogens with one attached hydrogen (secondary N) is 1. The lowest BCUT2D eigenvalue weighted by molar-refractivity contribution is -0.0554. The topological polar surface area (TPSA) is 76.2 Å². The summed E-state index contributed by atoms with van der Waals surface area (Å²) in [7, 11) is -1.39. The van der Waals surface area contributed by atoms with Crippen LogP contribution in [0.1, 0.15) is 24.0 Å². The van der Waals surface area contributed by atoms with E-state index in [1.807, 2.05) is 28.6 Å². The Bertz CT molecular complexity index is 1010. The highest BCUT2D eigenvalue weighted by Gasteiger charge is 2.42. The molecule has 4 heterocycles. The van der Waals surface area contributed by atoms with Crippen LogP contribution in [0, 0.1) is 6.92 Å². The van der Waals surface area contributed by atoms with Gasteiger partial charge in [-0.15, -0.1) is 0 Å². The van der Waals surface area contributed by atoms with Crippen LogP contribution < -0.4 is 14.8 Å². The number of fused-ring (bicyclic) bond motifs is 1. The Balaban J connectivity index is 1.36. The molecule has 1 aromatic carbocycles. The van der Waals surface area contributed by atoms with Gasteiger partial charge in [0.15, 0.2) is 0 Å². The second-order valence-corrected chi connectivity index (χ2v) is 10.7. The second kappa shape index (κ2) is 10.7. The van der Waals surface area contributed by atoms with Crippen LogP contribution >= 0.6 is 0 Å². The van der Waals surface area contributed by atoms with Crippen LogP contribution in [0.2, 0.25) is 0 Å². The second-order valence-electron chi connectivity index (χ2n) is 9.26. The normalized spacial score (nSPS) is 23.1. The number of benzene rings is 1. The van der Waals surface area contributed by atoms with Crippen LogP contribution in [0.5, 0.6) is 11.8 Å². The molecule has 2 fully saturated rings. The van der Waals surface area contributed by atoms with E-state index in [1.54, 1.807) is 0 Å². The van der Waals surface area contributed by atoms with Gasteiger partial charge in [-0.3, -0.25) is 4.90 Å². The average Bonchev–Trinajstić information content (AvgIpc) is 2.96.